The lowest BCUT2D eigenvalue weighted by molar-refractivity contribution is 0.377. The van der Waals surface area contributed by atoms with Gasteiger partial charge in [0.1, 0.15) is 0 Å². The third-order valence-electron chi connectivity index (χ3n) is 2.89. The first-order valence-electron chi connectivity index (χ1n) is 5.54. The van der Waals surface area contributed by atoms with Crippen molar-refractivity contribution in [3.05, 3.63) is 51.9 Å². The molecule has 0 amide bonds. The van der Waals surface area contributed by atoms with Gasteiger partial charge in [0, 0.05) is 6.20 Å². The summed E-state index contributed by atoms with van der Waals surface area (Å²) in [6, 6.07) is 12.1. The van der Waals surface area contributed by atoms with Crippen LogP contribution in [0.25, 0.3) is 0 Å². The molecular formula is C13H13IN4. The Morgan fingerprint density at radius 1 is 1.44 bits per heavy atom. The highest BCUT2D eigenvalue weighted by molar-refractivity contribution is 14.1. The topological polar surface area (TPSA) is 53.6 Å². The van der Waals surface area contributed by atoms with Gasteiger partial charge in [-0.2, -0.15) is 10.4 Å². The SMILES string of the molecule is CNC(C#N)(Cn1cc(I)cn1)c1ccccc1. The predicted octanol–water partition coefficient (Wildman–Crippen LogP) is 2.13. The zero-order valence-electron chi connectivity index (χ0n) is 9.97. The van der Waals surface area contributed by atoms with Gasteiger partial charge < -0.3 is 0 Å². The fourth-order valence-electron chi connectivity index (χ4n) is 1.86. The van der Waals surface area contributed by atoms with Crippen LogP contribution in [0.5, 0.6) is 0 Å². The largest absolute Gasteiger partial charge is 0.297 e. The molecule has 2 rings (SSSR count). The molecular weight excluding hydrogens is 339 g/mol. The average molecular weight is 352 g/mol. The van der Waals surface area contributed by atoms with Crippen LogP contribution in [0.1, 0.15) is 5.56 Å². The molecule has 1 heterocycles. The standard InChI is InChI=1S/C13H13IN4/c1-16-13(9-15,11-5-3-2-4-6-11)10-18-8-12(14)7-17-18/h2-8,16H,10H2,1H3. The fourth-order valence-corrected chi connectivity index (χ4v) is 2.31. The Kier molecular flexibility index (Phi) is 3.99. The second kappa shape index (κ2) is 5.50. The zero-order chi connectivity index (χ0) is 13.0. The van der Waals surface area contributed by atoms with Crippen molar-refractivity contribution in [1.29, 1.82) is 5.26 Å². The molecule has 1 N–H and O–H groups in total. The van der Waals surface area contributed by atoms with Crippen molar-refractivity contribution in [3.8, 4) is 6.07 Å². The number of nitrogens with one attached hydrogen (secondary N) is 1. The van der Waals surface area contributed by atoms with Gasteiger partial charge in [-0.1, -0.05) is 30.3 Å². The molecule has 1 atom stereocenters. The Bertz CT molecular complexity index is 558. The highest BCUT2D eigenvalue weighted by atomic mass is 127. The summed E-state index contributed by atoms with van der Waals surface area (Å²) in [5, 5.41) is 16.9. The van der Waals surface area contributed by atoms with Crippen LogP contribution in [0.3, 0.4) is 0 Å². The summed E-state index contributed by atoms with van der Waals surface area (Å²) in [6.07, 6.45) is 3.70. The maximum atomic E-state index is 9.54. The van der Waals surface area contributed by atoms with Crippen LogP contribution in [0.2, 0.25) is 0 Å². The third-order valence-corrected chi connectivity index (χ3v) is 3.44. The van der Waals surface area contributed by atoms with Crippen molar-refractivity contribution in [1.82, 2.24) is 15.1 Å². The van der Waals surface area contributed by atoms with Crippen LogP contribution in [0, 0.1) is 14.9 Å². The summed E-state index contributed by atoms with van der Waals surface area (Å²) in [6.45, 7) is 0.479. The molecule has 0 fully saturated rings. The minimum absolute atomic E-state index is 0.479. The normalized spacial score (nSPS) is 13.8. The summed E-state index contributed by atoms with van der Waals surface area (Å²) >= 11 is 2.20. The van der Waals surface area contributed by atoms with Gasteiger partial charge in [-0.25, -0.2) is 0 Å². The molecule has 0 saturated carbocycles. The van der Waals surface area contributed by atoms with Crippen LogP contribution in [-0.4, -0.2) is 16.8 Å². The van der Waals surface area contributed by atoms with Crippen molar-refractivity contribution in [2.24, 2.45) is 0 Å². The summed E-state index contributed by atoms with van der Waals surface area (Å²) in [5.41, 5.74) is 0.191. The van der Waals surface area contributed by atoms with E-state index >= 15 is 0 Å². The smallest absolute Gasteiger partial charge is 0.151 e. The first kappa shape index (κ1) is 13.1. The van der Waals surface area contributed by atoms with Gasteiger partial charge in [0.2, 0.25) is 0 Å². The lowest BCUT2D eigenvalue weighted by Gasteiger charge is -2.26. The van der Waals surface area contributed by atoms with Crippen LogP contribution in [0.4, 0.5) is 0 Å². The van der Waals surface area contributed by atoms with Crippen LogP contribution < -0.4 is 5.32 Å². The van der Waals surface area contributed by atoms with Gasteiger partial charge in [-0.05, 0) is 35.2 Å². The molecule has 0 saturated heterocycles. The minimum Gasteiger partial charge on any atom is -0.297 e. The molecule has 4 nitrogen and oxygen atoms in total. The molecule has 18 heavy (non-hydrogen) atoms. The van der Waals surface area contributed by atoms with Crippen LogP contribution >= 0.6 is 22.6 Å². The van der Waals surface area contributed by atoms with E-state index in [1.54, 1.807) is 17.9 Å². The van der Waals surface area contributed by atoms with Crippen molar-refractivity contribution in [2.45, 2.75) is 12.1 Å². The Hall–Kier alpha value is -1.39. The van der Waals surface area contributed by atoms with E-state index in [0.29, 0.717) is 6.54 Å². The Morgan fingerprint density at radius 2 is 2.17 bits per heavy atom. The first-order valence-corrected chi connectivity index (χ1v) is 6.62. The van der Waals surface area contributed by atoms with Crippen molar-refractivity contribution in [3.63, 3.8) is 0 Å². The number of rotatable bonds is 4. The number of nitriles is 1. The van der Waals surface area contributed by atoms with E-state index in [1.807, 2.05) is 36.5 Å². The number of benzene rings is 1. The molecule has 2 aromatic rings. The molecule has 5 heteroatoms. The maximum Gasteiger partial charge on any atom is 0.151 e. The molecule has 1 unspecified atom stereocenters. The molecule has 92 valence electrons. The summed E-state index contributed by atoms with van der Waals surface area (Å²) in [5.74, 6) is 0. The van der Waals surface area contributed by atoms with Gasteiger partial charge in [-0.3, -0.25) is 10.00 Å². The minimum atomic E-state index is -0.754. The molecule has 0 aliphatic carbocycles. The van der Waals surface area contributed by atoms with Gasteiger partial charge in [0.15, 0.2) is 5.54 Å². The second-order valence-corrected chi connectivity index (χ2v) is 5.23. The second-order valence-electron chi connectivity index (χ2n) is 3.99. The highest BCUT2D eigenvalue weighted by Crippen LogP contribution is 2.22. The average Bonchev–Trinajstić information content (AvgIpc) is 2.82. The Labute approximate surface area is 120 Å². The lowest BCUT2D eigenvalue weighted by Crippen LogP contribution is -2.42. The number of hydrogen-bond acceptors (Lipinski definition) is 3. The van der Waals surface area contributed by atoms with Crippen molar-refractivity contribution >= 4 is 22.6 Å². The van der Waals surface area contributed by atoms with Gasteiger partial charge in [0.25, 0.3) is 0 Å². The highest BCUT2D eigenvalue weighted by Gasteiger charge is 2.31. The Balaban J connectivity index is 2.36. The predicted molar refractivity (Wildman–Crippen MR) is 77.7 cm³/mol. The molecule has 0 radical (unpaired) electrons. The van der Waals surface area contributed by atoms with E-state index < -0.39 is 5.54 Å². The number of halogens is 1. The quantitative estimate of drug-likeness (QED) is 0.858. The molecule has 1 aromatic carbocycles. The zero-order valence-corrected chi connectivity index (χ0v) is 12.1. The molecule has 1 aromatic heterocycles. The molecule has 0 aliphatic rings. The van der Waals surface area contributed by atoms with E-state index in [2.05, 4.69) is 39.1 Å². The van der Waals surface area contributed by atoms with E-state index in [1.165, 1.54) is 0 Å². The van der Waals surface area contributed by atoms with Gasteiger partial charge in [0.05, 0.1) is 22.4 Å². The van der Waals surface area contributed by atoms with E-state index in [9.17, 15) is 5.26 Å². The Morgan fingerprint density at radius 3 is 2.67 bits per heavy atom. The van der Waals surface area contributed by atoms with Crippen molar-refractivity contribution in [2.75, 3.05) is 7.05 Å². The molecule has 0 bridgehead atoms. The monoisotopic (exact) mass is 352 g/mol. The number of aromatic nitrogens is 2. The molecule has 0 aliphatic heterocycles. The summed E-state index contributed by atoms with van der Waals surface area (Å²) < 4.78 is 2.85. The van der Waals surface area contributed by atoms with Gasteiger partial charge in [-0.15, -0.1) is 0 Å². The number of likely N-dealkylation sites (N-methyl/N-ethyl adjacent to an activating group) is 1. The molecule has 0 spiro atoms. The van der Waals surface area contributed by atoms with E-state index in [-0.39, 0.29) is 0 Å². The third kappa shape index (κ3) is 2.54. The van der Waals surface area contributed by atoms with Crippen LogP contribution in [0.15, 0.2) is 42.7 Å². The lowest BCUT2D eigenvalue weighted by atomic mass is 9.91. The van der Waals surface area contributed by atoms with E-state index in [0.717, 1.165) is 9.13 Å². The summed E-state index contributed by atoms with van der Waals surface area (Å²) in [4.78, 5) is 0. The number of nitrogens with zero attached hydrogens (tertiary/aromatic N) is 3. The fraction of sp³-hybridized carbons (Fsp3) is 0.231. The van der Waals surface area contributed by atoms with Crippen LogP contribution in [-0.2, 0) is 12.1 Å². The summed E-state index contributed by atoms with van der Waals surface area (Å²) in [7, 11) is 1.80. The van der Waals surface area contributed by atoms with E-state index in [4.69, 9.17) is 0 Å². The van der Waals surface area contributed by atoms with Gasteiger partial charge >= 0.3 is 0 Å². The number of hydrogen-bond donors (Lipinski definition) is 1. The first-order chi connectivity index (χ1) is 8.70. The van der Waals surface area contributed by atoms with Crippen molar-refractivity contribution < 1.29 is 0 Å². The maximum absolute atomic E-state index is 9.54.